The van der Waals surface area contributed by atoms with Gasteiger partial charge in [0.05, 0.1) is 26.9 Å². The Kier molecular flexibility index (Phi) is 6.67. The van der Waals surface area contributed by atoms with Crippen molar-refractivity contribution in [3.05, 3.63) is 0 Å². The summed E-state index contributed by atoms with van der Waals surface area (Å²) in [4.78, 5) is 25.0. The van der Waals surface area contributed by atoms with Gasteiger partial charge < -0.3 is 14.8 Å². The van der Waals surface area contributed by atoms with Gasteiger partial charge in [0.15, 0.2) is 0 Å². The number of carbonyl (C=O) groups excluding carboxylic acids is 2. The molecule has 0 spiro atoms. The molecule has 1 aliphatic rings. The zero-order chi connectivity index (χ0) is 13.4. The lowest BCUT2D eigenvalue weighted by atomic mass is 10.2. The molecule has 1 N–H and O–H groups in total. The molecular weight excluding hydrogens is 236 g/mol. The number of nitrogens with zero attached hydrogens (tertiary/aromatic N) is 1. The molecule has 104 valence electrons. The number of esters is 1. The molecule has 0 aromatic carbocycles. The molecule has 6 nitrogen and oxygen atoms in total. The third-order valence-electron chi connectivity index (χ3n) is 2.91. The van der Waals surface area contributed by atoms with Gasteiger partial charge in [-0.15, -0.1) is 0 Å². The second-order valence-corrected chi connectivity index (χ2v) is 4.29. The zero-order valence-electron chi connectivity index (χ0n) is 11.1. The van der Waals surface area contributed by atoms with Crippen LogP contribution in [0.1, 0.15) is 19.8 Å². The minimum atomic E-state index is -0.472. The number of hydrogen-bond donors (Lipinski definition) is 1. The van der Waals surface area contributed by atoms with Crippen molar-refractivity contribution in [1.29, 1.82) is 0 Å². The molecule has 1 aliphatic heterocycles. The maximum Gasteiger partial charge on any atom is 0.325 e. The Bertz CT molecular complexity index is 283. The summed E-state index contributed by atoms with van der Waals surface area (Å²) in [6, 6.07) is -0.472. The molecule has 0 aromatic rings. The Hall–Kier alpha value is -1.14. The van der Waals surface area contributed by atoms with Crippen LogP contribution in [0.4, 0.5) is 0 Å². The molecule has 6 heteroatoms. The summed E-state index contributed by atoms with van der Waals surface area (Å²) in [5.41, 5.74) is 0. The van der Waals surface area contributed by atoms with Crippen LogP contribution in [0.5, 0.6) is 0 Å². The van der Waals surface area contributed by atoms with Gasteiger partial charge in [-0.1, -0.05) is 13.3 Å². The highest BCUT2D eigenvalue weighted by Crippen LogP contribution is 2.07. The Labute approximate surface area is 108 Å². The first-order chi connectivity index (χ1) is 8.69. The molecule has 1 rings (SSSR count). The second-order valence-electron chi connectivity index (χ2n) is 4.29. The van der Waals surface area contributed by atoms with Crippen molar-refractivity contribution in [2.24, 2.45) is 0 Å². The molecule has 0 aromatic heterocycles. The lowest BCUT2D eigenvalue weighted by molar-refractivity contribution is -0.154. The van der Waals surface area contributed by atoms with E-state index in [1.807, 2.05) is 0 Å². The first-order valence-electron chi connectivity index (χ1n) is 6.35. The lowest BCUT2D eigenvalue weighted by Gasteiger charge is -2.32. The van der Waals surface area contributed by atoms with Crippen LogP contribution in [0, 0.1) is 0 Å². The van der Waals surface area contributed by atoms with Crippen LogP contribution < -0.4 is 5.32 Å². The van der Waals surface area contributed by atoms with Crippen molar-refractivity contribution in [1.82, 2.24) is 10.2 Å². The fraction of sp³-hybridized carbons (Fsp3) is 0.833. The molecule has 1 unspecified atom stereocenters. The molecule has 0 saturated carbocycles. The molecular formula is C12H22N2O4. The summed E-state index contributed by atoms with van der Waals surface area (Å²) in [7, 11) is 1.34. The van der Waals surface area contributed by atoms with Gasteiger partial charge in [0, 0.05) is 13.1 Å². The van der Waals surface area contributed by atoms with Crippen LogP contribution in [0.25, 0.3) is 0 Å². The van der Waals surface area contributed by atoms with Gasteiger partial charge in [-0.3, -0.25) is 14.5 Å². The van der Waals surface area contributed by atoms with E-state index >= 15 is 0 Å². The highest BCUT2D eigenvalue weighted by molar-refractivity contribution is 5.80. The number of hydrogen-bond acceptors (Lipinski definition) is 5. The topological polar surface area (TPSA) is 67.9 Å². The van der Waals surface area contributed by atoms with Crippen LogP contribution in [0.3, 0.4) is 0 Å². The van der Waals surface area contributed by atoms with Gasteiger partial charge >= 0.3 is 5.97 Å². The van der Waals surface area contributed by atoms with Crippen molar-refractivity contribution in [3.63, 3.8) is 0 Å². The highest BCUT2D eigenvalue weighted by atomic mass is 16.5. The number of carbonyl (C=O) groups is 2. The number of morpholine rings is 1. The van der Waals surface area contributed by atoms with E-state index in [1.54, 1.807) is 4.90 Å². The molecule has 0 radical (unpaired) electrons. The van der Waals surface area contributed by atoms with Gasteiger partial charge in [-0.2, -0.15) is 0 Å². The van der Waals surface area contributed by atoms with E-state index in [4.69, 9.17) is 9.47 Å². The van der Waals surface area contributed by atoms with E-state index in [1.165, 1.54) is 7.11 Å². The van der Waals surface area contributed by atoms with E-state index in [0.29, 0.717) is 19.7 Å². The minimum Gasteiger partial charge on any atom is -0.468 e. The molecule has 18 heavy (non-hydrogen) atoms. The molecule has 1 fully saturated rings. The molecule has 1 heterocycles. The number of amides is 1. The summed E-state index contributed by atoms with van der Waals surface area (Å²) in [5.74, 6) is -0.407. The first-order valence-corrected chi connectivity index (χ1v) is 6.35. The molecule has 0 aliphatic carbocycles. The zero-order valence-corrected chi connectivity index (χ0v) is 11.1. The predicted octanol–water partition coefficient (Wildman–Crippen LogP) is -0.223. The molecule has 1 saturated heterocycles. The van der Waals surface area contributed by atoms with E-state index in [9.17, 15) is 9.59 Å². The predicted molar refractivity (Wildman–Crippen MR) is 66.1 cm³/mol. The minimum absolute atomic E-state index is 0.0562. The third-order valence-corrected chi connectivity index (χ3v) is 2.91. The Morgan fingerprint density at radius 3 is 2.94 bits per heavy atom. The fourth-order valence-electron chi connectivity index (χ4n) is 1.83. The van der Waals surface area contributed by atoms with E-state index < -0.39 is 6.04 Å². The normalized spacial score (nSPS) is 20.4. The van der Waals surface area contributed by atoms with Gasteiger partial charge in [0.25, 0.3) is 0 Å². The largest absolute Gasteiger partial charge is 0.468 e. The molecule has 0 bridgehead atoms. The molecule has 1 atom stereocenters. The van der Waals surface area contributed by atoms with Crippen LogP contribution in [-0.4, -0.2) is 62.8 Å². The van der Waals surface area contributed by atoms with Gasteiger partial charge in [-0.25, -0.2) is 0 Å². The third kappa shape index (κ3) is 4.62. The number of methoxy groups -OCH3 is 1. The standard InChI is InChI=1S/C12H22N2O4/c1-3-4-5-13-11(15)8-14-6-7-18-9-10(14)12(16)17-2/h10H,3-9H2,1-2H3,(H,13,15). The first kappa shape index (κ1) is 14.9. The number of rotatable bonds is 6. The average molecular weight is 258 g/mol. The van der Waals surface area contributed by atoms with Crippen molar-refractivity contribution in [2.75, 3.05) is 40.0 Å². The number of unbranched alkanes of at least 4 members (excludes halogenated alkanes) is 1. The Morgan fingerprint density at radius 1 is 1.50 bits per heavy atom. The highest BCUT2D eigenvalue weighted by Gasteiger charge is 2.31. The molecule has 1 amide bonds. The fourth-order valence-corrected chi connectivity index (χ4v) is 1.83. The maximum atomic E-state index is 11.7. The smallest absolute Gasteiger partial charge is 0.325 e. The second kappa shape index (κ2) is 8.05. The summed E-state index contributed by atoms with van der Waals surface area (Å²) in [6.07, 6.45) is 2.01. The summed E-state index contributed by atoms with van der Waals surface area (Å²) < 4.78 is 9.95. The summed E-state index contributed by atoms with van der Waals surface area (Å²) >= 11 is 0. The van der Waals surface area contributed by atoms with Crippen LogP contribution in [-0.2, 0) is 19.1 Å². The van der Waals surface area contributed by atoms with Gasteiger partial charge in [0.1, 0.15) is 6.04 Å². The maximum absolute atomic E-state index is 11.7. The number of nitrogens with one attached hydrogen (secondary N) is 1. The van der Waals surface area contributed by atoms with Crippen LogP contribution in [0.15, 0.2) is 0 Å². The van der Waals surface area contributed by atoms with Crippen LogP contribution >= 0.6 is 0 Å². The Balaban J connectivity index is 2.41. The summed E-state index contributed by atoms with van der Waals surface area (Å²) in [5, 5.41) is 2.83. The van der Waals surface area contributed by atoms with Crippen molar-refractivity contribution in [2.45, 2.75) is 25.8 Å². The van der Waals surface area contributed by atoms with E-state index in [0.717, 1.165) is 12.8 Å². The SMILES string of the molecule is CCCCNC(=O)CN1CCOCC1C(=O)OC. The van der Waals surface area contributed by atoms with Crippen LogP contribution in [0.2, 0.25) is 0 Å². The van der Waals surface area contributed by atoms with Crippen molar-refractivity contribution >= 4 is 11.9 Å². The van der Waals surface area contributed by atoms with Crippen molar-refractivity contribution < 1.29 is 19.1 Å². The van der Waals surface area contributed by atoms with Gasteiger partial charge in [-0.05, 0) is 6.42 Å². The Morgan fingerprint density at radius 2 is 2.28 bits per heavy atom. The monoisotopic (exact) mass is 258 g/mol. The quantitative estimate of drug-likeness (QED) is 0.527. The average Bonchev–Trinajstić information content (AvgIpc) is 2.39. The lowest BCUT2D eigenvalue weighted by Crippen LogP contribution is -2.53. The summed E-state index contributed by atoms with van der Waals surface area (Å²) in [6.45, 7) is 4.36. The van der Waals surface area contributed by atoms with E-state index in [2.05, 4.69) is 12.2 Å². The van der Waals surface area contributed by atoms with Crippen molar-refractivity contribution in [3.8, 4) is 0 Å². The van der Waals surface area contributed by atoms with Gasteiger partial charge in [0.2, 0.25) is 5.91 Å². The van der Waals surface area contributed by atoms with E-state index in [-0.39, 0.29) is 25.0 Å². The number of ether oxygens (including phenoxy) is 2.